The normalized spacial score (nSPS) is 18.8. The summed E-state index contributed by atoms with van der Waals surface area (Å²) in [4.78, 5) is 15.6. The summed E-state index contributed by atoms with van der Waals surface area (Å²) in [6.07, 6.45) is 0.846. The summed E-state index contributed by atoms with van der Waals surface area (Å²) in [7, 11) is -3.81. The molecule has 4 rings (SSSR count). The fraction of sp³-hybridized carbons (Fsp3) is 0.455. The number of ether oxygens (including phenoxy) is 1. The first-order chi connectivity index (χ1) is 15.8. The number of hydrogen-bond donors (Lipinski definition) is 0. The second-order valence-electron chi connectivity index (χ2n) is 8.17. The molecule has 0 atom stereocenters. The molecule has 0 bridgehead atoms. The van der Waals surface area contributed by atoms with Gasteiger partial charge in [-0.3, -0.25) is 15.0 Å². The van der Waals surface area contributed by atoms with Gasteiger partial charge in [-0.15, -0.1) is 0 Å². The van der Waals surface area contributed by atoms with Crippen molar-refractivity contribution in [2.75, 3.05) is 57.4 Å². The average Bonchev–Trinajstić information content (AvgIpc) is 3.06. The van der Waals surface area contributed by atoms with Crippen molar-refractivity contribution in [1.29, 1.82) is 0 Å². The number of nitrogens with zero attached hydrogens (tertiary/aromatic N) is 4. The summed E-state index contributed by atoms with van der Waals surface area (Å²) in [6, 6.07) is 12.0. The molecule has 0 saturated carbocycles. The van der Waals surface area contributed by atoms with Crippen molar-refractivity contribution in [3.05, 3.63) is 63.2 Å². The molecule has 2 fully saturated rings. The first kappa shape index (κ1) is 23.9. The quantitative estimate of drug-likeness (QED) is 0.450. The lowest BCUT2D eigenvalue weighted by Crippen LogP contribution is -2.40. The summed E-state index contributed by atoms with van der Waals surface area (Å²) in [5.74, 6) is 0. The van der Waals surface area contributed by atoms with Crippen LogP contribution in [0.25, 0.3) is 0 Å². The molecule has 2 heterocycles. The third-order valence-corrected chi connectivity index (χ3v) is 8.15. The van der Waals surface area contributed by atoms with Gasteiger partial charge in [0.15, 0.2) is 0 Å². The Labute approximate surface area is 198 Å². The number of hydrogen-bond acceptors (Lipinski definition) is 7. The topological polar surface area (TPSA) is 96.2 Å². The number of morpholine rings is 1. The summed E-state index contributed by atoms with van der Waals surface area (Å²) in [6.45, 7) is 4.80. The molecule has 33 heavy (non-hydrogen) atoms. The maximum Gasteiger partial charge on any atom is 0.293 e. The molecular formula is C22H27ClN4O5S. The highest BCUT2D eigenvalue weighted by Crippen LogP contribution is 2.32. The van der Waals surface area contributed by atoms with Gasteiger partial charge in [0.25, 0.3) is 5.69 Å². The Morgan fingerprint density at radius 3 is 2.39 bits per heavy atom. The second kappa shape index (κ2) is 10.4. The van der Waals surface area contributed by atoms with Crippen molar-refractivity contribution < 1.29 is 18.1 Å². The molecule has 0 unspecified atom stereocenters. The van der Waals surface area contributed by atoms with Crippen LogP contribution < -0.4 is 4.90 Å². The molecule has 2 aliphatic heterocycles. The molecular weight excluding hydrogens is 468 g/mol. The largest absolute Gasteiger partial charge is 0.379 e. The van der Waals surface area contributed by atoms with Gasteiger partial charge in [0, 0.05) is 56.9 Å². The fourth-order valence-electron chi connectivity index (χ4n) is 4.23. The molecule has 11 heteroatoms. The van der Waals surface area contributed by atoms with Crippen molar-refractivity contribution in [2.45, 2.75) is 17.9 Å². The Kier molecular flexibility index (Phi) is 7.50. The first-order valence-electron chi connectivity index (χ1n) is 10.9. The van der Waals surface area contributed by atoms with Crippen LogP contribution >= 0.6 is 11.6 Å². The van der Waals surface area contributed by atoms with Gasteiger partial charge in [0.1, 0.15) is 5.69 Å². The molecule has 178 valence electrons. The number of anilines is 1. The van der Waals surface area contributed by atoms with Crippen molar-refractivity contribution >= 4 is 33.0 Å². The van der Waals surface area contributed by atoms with Crippen LogP contribution in [0.4, 0.5) is 11.4 Å². The molecule has 0 N–H and O–H groups in total. The number of benzene rings is 2. The molecule has 2 aliphatic rings. The predicted molar refractivity (Wildman–Crippen MR) is 126 cm³/mol. The van der Waals surface area contributed by atoms with Gasteiger partial charge >= 0.3 is 0 Å². The number of nitro benzene ring substituents is 1. The van der Waals surface area contributed by atoms with E-state index in [1.54, 1.807) is 6.07 Å². The number of nitro groups is 1. The van der Waals surface area contributed by atoms with Crippen LogP contribution in [0, 0.1) is 10.1 Å². The van der Waals surface area contributed by atoms with E-state index in [4.69, 9.17) is 16.3 Å². The Hall–Kier alpha value is -2.24. The van der Waals surface area contributed by atoms with E-state index in [-0.39, 0.29) is 23.7 Å². The van der Waals surface area contributed by atoms with E-state index in [1.807, 2.05) is 29.2 Å². The molecule has 2 aromatic rings. The van der Waals surface area contributed by atoms with Crippen LogP contribution in [0.3, 0.4) is 0 Å². The van der Waals surface area contributed by atoms with Gasteiger partial charge in [0.05, 0.1) is 23.0 Å². The standard InChI is InChI=1S/C22H27ClN4O5S/c23-19-4-2-18(3-5-19)17-24-8-1-9-25(11-10-24)21-7-6-20(16-22(21)27(28)29)33(30,31)26-12-14-32-15-13-26/h2-7,16H,1,8-15,17H2. The predicted octanol–water partition coefficient (Wildman–Crippen LogP) is 2.98. The Bertz CT molecular complexity index is 1090. The maximum absolute atomic E-state index is 13.0. The molecule has 2 saturated heterocycles. The van der Waals surface area contributed by atoms with Gasteiger partial charge < -0.3 is 9.64 Å². The van der Waals surface area contributed by atoms with Gasteiger partial charge in [-0.05, 0) is 36.2 Å². The van der Waals surface area contributed by atoms with Gasteiger partial charge in [-0.2, -0.15) is 4.31 Å². The van der Waals surface area contributed by atoms with Gasteiger partial charge in [-0.25, -0.2) is 8.42 Å². The number of rotatable bonds is 6. The molecule has 9 nitrogen and oxygen atoms in total. The smallest absolute Gasteiger partial charge is 0.293 e. The minimum absolute atomic E-state index is 0.0564. The molecule has 2 aromatic carbocycles. The fourth-order valence-corrected chi connectivity index (χ4v) is 5.79. The Morgan fingerprint density at radius 1 is 0.970 bits per heavy atom. The third-order valence-electron chi connectivity index (χ3n) is 6.00. The van der Waals surface area contributed by atoms with E-state index in [2.05, 4.69) is 4.90 Å². The van der Waals surface area contributed by atoms with E-state index in [0.29, 0.717) is 37.0 Å². The lowest BCUT2D eigenvalue weighted by molar-refractivity contribution is -0.384. The monoisotopic (exact) mass is 494 g/mol. The summed E-state index contributed by atoms with van der Waals surface area (Å²) < 4.78 is 32.5. The summed E-state index contributed by atoms with van der Waals surface area (Å²) in [5, 5.41) is 12.6. The van der Waals surface area contributed by atoms with Crippen LogP contribution in [-0.2, 0) is 21.3 Å². The van der Waals surface area contributed by atoms with E-state index >= 15 is 0 Å². The first-order valence-corrected chi connectivity index (χ1v) is 12.7. The Morgan fingerprint density at radius 2 is 1.70 bits per heavy atom. The Balaban J connectivity index is 1.51. The zero-order valence-electron chi connectivity index (χ0n) is 18.2. The van der Waals surface area contributed by atoms with E-state index in [9.17, 15) is 18.5 Å². The van der Waals surface area contributed by atoms with Crippen molar-refractivity contribution in [3.8, 4) is 0 Å². The maximum atomic E-state index is 13.0. The highest BCUT2D eigenvalue weighted by Gasteiger charge is 2.30. The molecule has 0 aromatic heterocycles. The van der Waals surface area contributed by atoms with Crippen LogP contribution in [0.15, 0.2) is 47.4 Å². The van der Waals surface area contributed by atoms with Gasteiger partial charge in [0.2, 0.25) is 10.0 Å². The van der Waals surface area contributed by atoms with E-state index in [0.717, 1.165) is 31.6 Å². The zero-order valence-corrected chi connectivity index (χ0v) is 19.8. The van der Waals surface area contributed by atoms with Crippen molar-refractivity contribution in [3.63, 3.8) is 0 Å². The highest BCUT2D eigenvalue weighted by molar-refractivity contribution is 7.89. The lowest BCUT2D eigenvalue weighted by atomic mass is 10.2. The van der Waals surface area contributed by atoms with Crippen LogP contribution in [0.2, 0.25) is 5.02 Å². The lowest BCUT2D eigenvalue weighted by Gasteiger charge is -2.27. The van der Waals surface area contributed by atoms with Crippen LogP contribution in [-0.4, -0.2) is 75.0 Å². The zero-order chi connectivity index (χ0) is 23.4. The summed E-state index contributed by atoms with van der Waals surface area (Å²) in [5.41, 5.74) is 1.43. The molecule has 0 radical (unpaired) electrons. The van der Waals surface area contributed by atoms with E-state index in [1.165, 1.54) is 16.4 Å². The SMILES string of the molecule is O=[N+]([O-])c1cc(S(=O)(=O)N2CCOCC2)ccc1N1CCCN(Cc2ccc(Cl)cc2)CC1. The third kappa shape index (κ3) is 5.64. The highest BCUT2D eigenvalue weighted by atomic mass is 35.5. The van der Waals surface area contributed by atoms with Gasteiger partial charge in [-0.1, -0.05) is 23.7 Å². The van der Waals surface area contributed by atoms with Crippen LogP contribution in [0.1, 0.15) is 12.0 Å². The van der Waals surface area contributed by atoms with Crippen molar-refractivity contribution in [1.82, 2.24) is 9.21 Å². The van der Waals surface area contributed by atoms with Crippen LogP contribution in [0.5, 0.6) is 0 Å². The average molecular weight is 495 g/mol. The molecule has 0 aliphatic carbocycles. The number of halogens is 1. The minimum Gasteiger partial charge on any atom is -0.379 e. The molecule has 0 spiro atoms. The number of sulfonamides is 1. The summed E-state index contributed by atoms with van der Waals surface area (Å²) >= 11 is 5.97. The van der Waals surface area contributed by atoms with Crippen molar-refractivity contribution in [2.24, 2.45) is 0 Å². The van der Waals surface area contributed by atoms with E-state index < -0.39 is 14.9 Å². The minimum atomic E-state index is -3.81. The molecule has 0 amide bonds. The second-order valence-corrected chi connectivity index (χ2v) is 10.5.